The van der Waals surface area contributed by atoms with E-state index in [0.717, 1.165) is 22.1 Å². The summed E-state index contributed by atoms with van der Waals surface area (Å²) in [5.74, 6) is 1.05. The van der Waals surface area contributed by atoms with Crippen LogP contribution in [0.15, 0.2) is 60.0 Å². The van der Waals surface area contributed by atoms with Gasteiger partial charge in [-0.1, -0.05) is 42.1 Å². The van der Waals surface area contributed by atoms with Crippen LogP contribution in [0.3, 0.4) is 0 Å². The SMILES string of the molecule is NC(=O)CCSc1nnc(-c2ccncc2)n1Cc1ccccc1. The fraction of sp³-hybridized carbons (Fsp3) is 0.176. The number of primary amides is 1. The van der Waals surface area contributed by atoms with Crippen molar-refractivity contribution < 1.29 is 4.79 Å². The maximum atomic E-state index is 11.0. The normalized spacial score (nSPS) is 10.7. The Hall–Kier alpha value is -2.67. The van der Waals surface area contributed by atoms with Crippen LogP contribution in [-0.4, -0.2) is 31.4 Å². The van der Waals surface area contributed by atoms with E-state index in [1.54, 1.807) is 12.4 Å². The van der Waals surface area contributed by atoms with E-state index in [2.05, 4.69) is 31.9 Å². The molecule has 0 bridgehead atoms. The van der Waals surface area contributed by atoms with E-state index in [-0.39, 0.29) is 5.91 Å². The molecule has 0 unspecified atom stereocenters. The number of carbonyl (C=O) groups excluding carboxylic acids is 1. The molecular weight excluding hydrogens is 322 g/mol. The van der Waals surface area contributed by atoms with E-state index in [1.807, 2.05) is 30.3 Å². The molecule has 1 amide bonds. The van der Waals surface area contributed by atoms with Crippen LogP contribution in [0.2, 0.25) is 0 Å². The molecule has 7 heteroatoms. The molecule has 2 heterocycles. The molecule has 2 N–H and O–H groups in total. The van der Waals surface area contributed by atoms with Gasteiger partial charge in [0.15, 0.2) is 11.0 Å². The third-order valence-electron chi connectivity index (χ3n) is 3.42. The summed E-state index contributed by atoms with van der Waals surface area (Å²) in [4.78, 5) is 15.0. The monoisotopic (exact) mass is 339 g/mol. The predicted molar refractivity (Wildman–Crippen MR) is 93.3 cm³/mol. The number of nitrogens with two attached hydrogens (primary N) is 1. The van der Waals surface area contributed by atoms with Gasteiger partial charge in [-0.25, -0.2) is 0 Å². The molecule has 0 saturated heterocycles. The molecule has 1 aromatic carbocycles. The van der Waals surface area contributed by atoms with Crippen LogP contribution < -0.4 is 5.73 Å². The van der Waals surface area contributed by atoms with Crippen molar-refractivity contribution in [2.45, 2.75) is 18.1 Å². The van der Waals surface area contributed by atoms with Crippen molar-refractivity contribution in [1.82, 2.24) is 19.7 Å². The minimum absolute atomic E-state index is 0.313. The van der Waals surface area contributed by atoms with Crippen molar-refractivity contribution in [2.75, 3.05) is 5.75 Å². The number of aromatic nitrogens is 4. The largest absolute Gasteiger partial charge is 0.370 e. The lowest BCUT2D eigenvalue weighted by Gasteiger charge is -2.10. The number of rotatable bonds is 7. The summed E-state index contributed by atoms with van der Waals surface area (Å²) in [6, 6.07) is 13.9. The Morgan fingerprint density at radius 1 is 1.08 bits per heavy atom. The molecule has 3 rings (SSSR count). The molecule has 6 nitrogen and oxygen atoms in total. The quantitative estimate of drug-likeness (QED) is 0.668. The predicted octanol–water partition coefficient (Wildman–Crippen LogP) is 2.36. The van der Waals surface area contributed by atoms with E-state index >= 15 is 0 Å². The fourth-order valence-corrected chi connectivity index (χ4v) is 3.15. The third-order valence-corrected chi connectivity index (χ3v) is 4.39. The van der Waals surface area contributed by atoms with Crippen molar-refractivity contribution in [3.8, 4) is 11.4 Å². The summed E-state index contributed by atoms with van der Waals surface area (Å²) in [5, 5.41) is 9.39. The highest BCUT2D eigenvalue weighted by atomic mass is 32.2. The van der Waals surface area contributed by atoms with Gasteiger partial charge in [0.2, 0.25) is 5.91 Å². The van der Waals surface area contributed by atoms with Crippen LogP contribution >= 0.6 is 11.8 Å². The van der Waals surface area contributed by atoms with Crippen LogP contribution in [0.25, 0.3) is 11.4 Å². The molecular formula is C17H17N5OS. The summed E-state index contributed by atoms with van der Waals surface area (Å²) in [5.41, 5.74) is 7.32. The Morgan fingerprint density at radius 2 is 1.83 bits per heavy atom. The van der Waals surface area contributed by atoms with Crippen LogP contribution in [-0.2, 0) is 11.3 Å². The van der Waals surface area contributed by atoms with Crippen LogP contribution in [0.4, 0.5) is 0 Å². The van der Waals surface area contributed by atoms with Gasteiger partial charge in [-0.05, 0) is 17.7 Å². The van der Waals surface area contributed by atoms with Gasteiger partial charge in [-0.3, -0.25) is 14.3 Å². The molecule has 0 aliphatic heterocycles. The van der Waals surface area contributed by atoms with Crippen LogP contribution in [0, 0.1) is 0 Å². The Kier molecular flexibility index (Phi) is 5.22. The van der Waals surface area contributed by atoms with Gasteiger partial charge in [0.1, 0.15) is 0 Å². The number of hydrogen-bond donors (Lipinski definition) is 1. The number of hydrogen-bond acceptors (Lipinski definition) is 5. The topological polar surface area (TPSA) is 86.7 Å². The zero-order valence-corrected chi connectivity index (χ0v) is 13.8. The number of pyridine rings is 1. The molecule has 2 aromatic heterocycles. The first-order valence-corrected chi connectivity index (χ1v) is 8.51. The molecule has 3 aromatic rings. The zero-order valence-electron chi connectivity index (χ0n) is 13.0. The molecule has 24 heavy (non-hydrogen) atoms. The van der Waals surface area contributed by atoms with Gasteiger partial charge in [0.25, 0.3) is 0 Å². The van der Waals surface area contributed by atoms with Crippen molar-refractivity contribution in [2.24, 2.45) is 5.73 Å². The molecule has 0 aliphatic rings. The van der Waals surface area contributed by atoms with Gasteiger partial charge >= 0.3 is 0 Å². The van der Waals surface area contributed by atoms with E-state index in [0.29, 0.717) is 18.7 Å². The molecule has 0 spiro atoms. The summed E-state index contributed by atoms with van der Waals surface area (Å²) in [7, 11) is 0. The highest BCUT2D eigenvalue weighted by Gasteiger charge is 2.15. The first-order chi connectivity index (χ1) is 11.7. The standard InChI is InChI=1S/C17H17N5OS/c18-15(23)8-11-24-17-21-20-16(14-6-9-19-10-7-14)22(17)12-13-4-2-1-3-5-13/h1-7,9-10H,8,11-12H2,(H2,18,23). The number of amides is 1. The fourth-order valence-electron chi connectivity index (χ4n) is 2.26. The average Bonchev–Trinajstić information content (AvgIpc) is 2.99. The molecule has 0 saturated carbocycles. The van der Waals surface area contributed by atoms with Gasteiger partial charge in [0.05, 0.1) is 6.54 Å². The van der Waals surface area contributed by atoms with Crippen molar-refractivity contribution in [3.63, 3.8) is 0 Å². The summed E-state index contributed by atoms with van der Waals surface area (Å²) < 4.78 is 2.05. The second kappa shape index (κ2) is 7.74. The first-order valence-electron chi connectivity index (χ1n) is 7.52. The Balaban J connectivity index is 1.91. The first kappa shape index (κ1) is 16.2. The van der Waals surface area contributed by atoms with Crippen molar-refractivity contribution in [1.29, 1.82) is 0 Å². The lowest BCUT2D eigenvalue weighted by atomic mass is 10.2. The minimum Gasteiger partial charge on any atom is -0.370 e. The highest BCUT2D eigenvalue weighted by molar-refractivity contribution is 7.99. The second-order valence-corrected chi connectivity index (χ2v) is 6.24. The Labute approximate surface area is 144 Å². The lowest BCUT2D eigenvalue weighted by molar-refractivity contribution is -0.117. The summed E-state index contributed by atoms with van der Waals surface area (Å²) in [6.45, 7) is 0.657. The van der Waals surface area contributed by atoms with Crippen LogP contribution in [0.5, 0.6) is 0 Å². The van der Waals surface area contributed by atoms with E-state index in [9.17, 15) is 4.79 Å². The number of thioether (sulfide) groups is 1. The molecule has 0 fully saturated rings. The molecule has 122 valence electrons. The van der Waals surface area contributed by atoms with Crippen molar-refractivity contribution >= 4 is 17.7 Å². The van der Waals surface area contributed by atoms with Gasteiger partial charge in [-0.2, -0.15) is 0 Å². The maximum absolute atomic E-state index is 11.0. The Bertz CT molecular complexity index is 804. The molecule has 0 aliphatic carbocycles. The summed E-state index contributed by atoms with van der Waals surface area (Å²) >= 11 is 1.48. The lowest BCUT2D eigenvalue weighted by Crippen LogP contribution is -2.11. The highest BCUT2D eigenvalue weighted by Crippen LogP contribution is 2.25. The molecule has 0 radical (unpaired) electrons. The minimum atomic E-state index is -0.314. The van der Waals surface area contributed by atoms with E-state index < -0.39 is 0 Å². The second-order valence-electron chi connectivity index (χ2n) is 5.18. The number of benzene rings is 1. The van der Waals surface area contributed by atoms with Crippen molar-refractivity contribution in [3.05, 3.63) is 60.4 Å². The summed E-state index contributed by atoms with van der Waals surface area (Å²) in [6.07, 6.45) is 3.78. The van der Waals surface area contributed by atoms with E-state index in [1.165, 1.54) is 11.8 Å². The number of nitrogens with zero attached hydrogens (tertiary/aromatic N) is 4. The van der Waals surface area contributed by atoms with E-state index in [4.69, 9.17) is 5.73 Å². The van der Waals surface area contributed by atoms with Gasteiger partial charge in [-0.15, -0.1) is 10.2 Å². The third kappa shape index (κ3) is 3.99. The average molecular weight is 339 g/mol. The Morgan fingerprint density at radius 3 is 2.54 bits per heavy atom. The van der Waals surface area contributed by atoms with Crippen LogP contribution in [0.1, 0.15) is 12.0 Å². The molecule has 0 atom stereocenters. The van der Waals surface area contributed by atoms with Gasteiger partial charge in [0, 0.05) is 30.1 Å². The maximum Gasteiger partial charge on any atom is 0.218 e. The smallest absolute Gasteiger partial charge is 0.218 e. The zero-order chi connectivity index (χ0) is 16.8. The number of carbonyl (C=O) groups is 1. The van der Waals surface area contributed by atoms with Gasteiger partial charge < -0.3 is 5.73 Å².